The van der Waals surface area contributed by atoms with Crippen LogP contribution < -0.4 is 39.2 Å². The van der Waals surface area contributed by atoms with Crippen molar-refractivity contribution in [2.24, 2.45) is 7.05 Å². The number of aryl methyl sites for hydroxylation is 1. The Balaban J connectivity index is 0.00000320. The number of hydrogen-bond acceptors (Lipinski definition) is 5. The number of likely N-dealkylation sites (N-methyl/N-ethyl adjacent to an activating group) is 1. The first-order chi connectivity index (χ1) is 13.6. The molecule has 1 saturated heterocycles. The number of hydrogen-bond donors (Lipinski definition) is 1. The van der Waals surface area contributed by atoms with Gasteiger partial charge in [-0.3, -0.25) is 13.8 Å². The van der Waals surface area contributed by atoms with E-state index in [-0.39, 0.29) is 41.3 Å². The average molecular weight is 483 g/mol. The van der Waals surface area contributed by atoms with Crippen LogP contribution in [0, 0.1) is 0 Å². The van der Waals surface area contributed by atoms with Crippen molar-refractivity contribution in [1.29, 1.82) is 0 Å². The average Bonchev–Trinajstić information content (AvgIpc) is 2.98. The second-order valence-electron chi connectivity index (χ2n) is 6.88. The van der Waals surface area contributed by atoms with Crippen molar-refractivity contribution >= 4 is 50.8 Å². The summed E-state index contributed by atoms with van der Waals surface area (Å²) in [5.74, 6) is 0. The van der Waals surface area contributed by atoms with Gasteiger partial charge in [-0.05, 0) is 50.3 Å². The van der Waals surface area contributed by atoms with Crippen LogP contribution in [0.25, 0.3) is 4.72 Å². The van der Waals surface area contributed by atoms with Gasteiger partial charge in [0, 0.05) is 29.8 Å². The number of amides is 2. The molecule has 2 aromatic rings. The van der Waals surface area contributed by atoms with Crippen molar-refractivity contribution in [1.82, 2.24) is 14.7 Å². The number of nitrogens with one attached hydrogen (secondary N) is 1. The number of nitrogens with zero attached hydrogens (tertiary/aromatic N) is 5. The molecule has 1 aliphatic heterocycles. The Morgan fingerprint density at radius 3 is 2.50 bits per heavy atom. The van der Waals surface area contributed by atoms with E-state index >= 15 is 0 Å². The molecule has 1 aliphatic rings. The molecule has 1 N–H and O–H groups in total. The van der Waals surface area contributed by atoms with Gasteiger partial charge in [-0.15, -0.1) is 0 Å². The molecule has 13 heteroatoms. The summed E-state index contributed by atoms with van der Waals surface area (Å²) in [5.41, 5.74) is 0.604. The van der Waals surface area contributed by atoms with E-state index in [0.29, 0.717) is 28.7 Å². The minimum Gasteiger partial charge on any atom is -0.423 e. The molecule has 1 atom stereocenters. The molecule has 2 amide bonds. The second kappa shape index (κ2) is 10.5. The smallest absolute Gasteiger partial charge is 0.423 e. The van der Waals surface area contributed by atoms with Crippen LogP contribution in [-0.2, 0) is 17.3 Å². The third kappa shape index (κ3) is 6.49. The van der Waals surface area contributed by atoms with Crippen LogP contribution in [0.2, 0.25) is 10.0 Å². The van der Waals surface area contributed by atoms with Crippen LogP contribution >= 0.6 is 23.2 Å². The summed E-state index contributed by atoms with van der Waals surface area (Å²) in [6.07, 6.45) is 4.51. The number of halogens is 2. The minimum absolute atomic E-state index is 0. The van der Waals surface area contributed by atoms with E-state index in [1.165, 1.54) is 33.4 Å². The van der Waals surface area contributed by atoms with Crippen LogP contribution in [0.5, 0.6) is 0 Å². The zero-order chi connectivity index (χ0) is 21.2. The fourth-order valence-electron chi connectivity index (χ4n) is 3.31. The number of benzene rings is 1. The minimum atomic E-state index is -4.32. The van der Waals surface area contributed by atoms with Crippen LogP contribution in [0.3, 0.4) is 0 Å². The standard InChI is InChI=1S/C17H22Cl2N6O3S.Na/c1-23-5-3-4-15(10-23)25(16-9-20-24(2)11-16)29(27,28)22-17(26)21-14-7-12(18)6-13(19)8-14;/h6-9,11,15H,3-5,10H2,1-2H3,(H2,21,22,26);/q;+1/p-1. The number of carbonyl (C=O) groups excluding carboxylic acids is 1. The fraction of sp³-hybridized carbons (Fsp3) is 0.412. The number of piperidine rings is 1. The normalized spacial score (nSPS) is 17.1. The topological polar surface area (TPSA) is 102 Å². The molecular weight excluding hydrogens is 462 g/mol. The van der Waals surface area contributed by atoms with Gasteiger partial charge in [0.05, 0.1) is 17.9 Å². The van der Waals surface area contributed by atoms with Crippen molar-refractivity contribution in [3.63, 3.8) is 0 Å². The molecule has 158 valence electrons. The first kappa shape index (κ1) is 25.3. The number of aromatic nitrogens is 2. The van der Waals surface area contributed by atoms with Crippen LogP contribution in [0.1, 0.15) is 12.8 Å². The predicted molar refractivity (Wildman–Crippen MR) is 114 cm³/mol. The number of carbonyl (C=O) groups is 1. The maximum atomic E-state index is 13.1. The van der Waals surface area contributed by atoms with E-state index in [1.807, 2.05) is 11.9 Å². The number of anilines is 2. The van der Waals surface area contributed by atoms with Crippen LogP contribution in [0.4, 0.5) is 16.2 Å². The molecular formula is C17H21Cl2N6NaO3S. The van der Waals surface area contributed by atoms with Gasteiger partial charge in [0.1, 0.15) is 0 Å². The summed E-state index contributed by atoms with van der Waals surface area (Å²) in [5, 5.41) is 7.06. The molecule has 9 nitrogen and oxygen atoms in total. The van der Waals surface area contributed by atoms with E-state index in [1.54, 1.807) is 13.2 Å². The Labute approximate surface area is 208 Å². The summed E-state index contributed by atoms with van der Waals surface area (Å²) in [7, 11) is -0.712. The predicted octanol–water partition coefficient (Wildman–Crippen LogP) is 0.482. The quantitative estimate of drug-likeness (QED) is 0.624. The third-order valence-corrected chi connectivity index (χ3v) is 6.28. The summed E-state index contributed by atoms with van der Waals surface area (Å²) in [6, 6.07) is 2.99. The van der Waals surface area contributed by atoms with Gasteiger partial charge in [-0.25, -0.2) is 8.42 Å². The van der Waals surface area contributed by atoms with Crippen molar-refractivity contribution in [3.05, 3.63) is 45.4 Å². The summed E-state index contributed by atoms with van der Waals surface area (Å²) < 4.78 is 32.3. The first-order valence-corrected chi connectivity index (χ1v) is 11.0. The van der Waals surface area contributed by atoms with Gasteiger partial charge < -0.3 is 14.9 Å². The van der Waals surface area contributed by atoms with E-state index in [2.05, 4.69) is 15.1 Å². The number of likely N-dealkylation sites (tertiary alicyclic amines) is 1. The Morgan fingerprint density at radius 2 is 1.93 bits per heavy atom. The first-order valence-electron chi connectivity index (χ1n) is 8.86. The molecule has 0 saturated carbocycles. The summed E-state index contributed by atoms with van der Waals surface area (Å²) in [4.78, 5) is 14.4. The van der Waals surface area contributed by atoms with Gasteiger partial charge in [0.25, 0.3) is 10.2 Å². The Bertz CT molecular complexity index is 983. The van der Waals surface area contributed by atoms with E-state index < -0.39 is 16.2 Å². The summed E-state index contributed by atoms with van der Waals surface area (Å²) >= 11 is 11.8. The molecule has 2 heterocycles. The van der Waals surface area contributed by atoms with Crippen molar-refractivity contribution < 1.29 is 42.8 Å². The van der Waals surface area contributed by atoms with Crippen molar-refractivity contribution in [2.45, 2.75) is 18.9 Å². The molecule has 0 radical (unpaired) electrons. The van der Waals surface area contributed by atoms with E-state index in [0.717, 1.165) is 13.0 Å². The third-order valence-electron chi connectivity index (χ3n) is 4.44. The molecule has 3 rings (SSSR count). The van der Waals surface area contributed by atoms with Gasteiger partial charge in [0.15, 0.2) is 6.03 Å². The SMILES string of the molecule is CN1CCCC(N(c2cnn(C)c2)S(=O)(=O)[N-]C(=O)Nc2cc(Cl)cc(Cl)c2)C1.[Na+]. The fourth-order valence-corrected chi connectivity index (χ4v) is 5.08. The largest absolute Gasteiger partial charge is 1.00 e. The monoisotopic (exact) mass is 482 g/mol. The molecule has 0 bridgehead atoms. The molecule has 1 unspecified atom stereocenters. The van der Waals surface area contributed by atoms with Gasteiger partial charge in [-0.1, -0.05) is 23.2 Å². The zero-order valence-corrected chi connectivity index (χ0v) is 21.2. The second-order valence-corrected chi connectivity index (χ2v) is 9.23. The van der Waals surface area contributed by atoms with Crippen LogP contribution in [0.15, 0.2) is 30.6 Å². The molecule has 1 fully saturated rings. The molecule has 1 aromatic heterocycles. The van der Waals surface area contributed by atoms with E-state index in [4.69, 9.17) is 23.2 Å². The molecule has 0 aliphatic carbocycles. The Hall–Kier alpha value is -1.01. The van der Waals surface area contributed by atoms with Gasteiger partial charge in [-0.2, -0.15) is 5.10 Å². The maximum absolute atomic E-state index is 13.1. The molecule has 30 heavy (non-hydrogen) atoms. The molecule has 1 aromatic carbocycles. The van der Waals surface area contributed by atoms with Crippen molar-refractivity contribution in [3.8, 4) is 0 Å². The number of urea groups is 1. The van der Waals surface area contributed by atoms with Gasteiger partial charge in [0.2, 0.25) is 0 Å². The Morgan fingerprint density at radius 1 is 1.27 bits per heavy atom. The van der Waals surface area contributed by atoms with Gasteiger partial charge >= 0.3 is 29.6 Å². The Kier molecular flexibility index (Phi) is 8.87. The maximum Gasteiger partial charge on any atom is 1.00 e. The number of rotatable bonds is 5. The van der Waals surface area contributed by atoms with E-state index in [9.17, 15) is 13.2 Å². The zero-order valence-electron chi connectivity index (χ0n) is 16.9. The summed E-state index contributed by atoms with van der Waals surface area (Å²) in [6.45, 7) is 1.40. The van der Waals surface area contributed by atoms with Crippen molar-refractivity contribution in [2.75, 3.05) is 29.8 Å². The van der Waals surface area contributed by atoms with Crippen LogP contribution in [-0.4, -0.2) is 55.3 Å². The molecule has 0 spiro atoms.